The summed E-state index contributed by atoms with van der Waals surface area (Å²) in [6.07, 6.45) is 0. The summed E-state index contributed by atoms with van der Waals surface area (Å²) in [4.78, 5) is 24.7. The molecule has 2 aromatic rings. The number of carbonyl (C=O) groups excluding carboxylic acids is 2. The second kappa shape index (κ2) is 4.66. The van der Waals surface area contributed by atoms with Crippen LogP contribution in [0.5, 0.6) is 5.75 Å². The molecule has 3 rings (SSSR count). The molecule has 4 nitrogen and oxygen atoms in total. The number of Topliss-reactive ketones (excluding diaryl/α,β-unsaturated/α-hetero) is 1. The Morgan fingerprint density at radius 2 is 1.71 bits per heavy atom. The van der Waals surface area contributed by atoms with Crippen molar-refractivity contribution in [2.45, 2.75) is 6.54 Å². The van der Waals surface area contributed by atoms with Gasteiger partial charge in [-0.1, -0.05) is 12.1 Å². The highest BCUT2D eigenvalue weighted by atomic mass is 19.1. The molecule has 1 heterocycles. The van der Waals surface area contributed by atoms with E-state index in [0.717, 1.165) is 11.0 Å². The smallest absolute Gasteiger partial charge is 0.299 e. The van der Waals surface area contributed by atoms with Gasteiger partial charge in [-0.25, -0.2) is 8.78 Å². The van der Waals surface area contributed by atoms with E-state index in [1.807, 2.05) is 0 Å². The largest absolute Gasteiger partial charge is 0.508 e. The zero-order valence-electron chi connectivity index (χ0n) is 10.6. The van der Waals surface area contributed by atoms with Crippen LogP contribution in [0, 0.1) is 11.6 Å². The normalized spacial score (nSPS) is 13.7. The van der Waals surface area contributed by atoms with Crippen LogP contribution in [-0.4, -0.2) is 16.8 Å². The third-order valence-electron chi connectivity index (χ3n) is 3.27. The predicted octanol–water partition coefficient (Wildman–Crippen LogP) is 2.40. The minimum absolute atomic E-state index is 0.0131. The van der Waals surface area contributed by atoms with Crippen LogP contribution in [0.2, 0.25) is 0 Å². The highest BCUT2D eigenvalue weighted by Crippen LogP contribution is 2.33. The average molecular weight is 289 g/mol. The van der Waals surface area contributed by atoms with Gasteiger partial charge in [-0.2, -0.15) is 0 Å². The quantitative estimate of drug-likeness (QED) is 0.864. The number of fused-ring (bicyclic) bond motifs is 1. The van der Waals surface area contributed by atoms with E-state index in [9.17, 15) is 23.5 Å². The molecule has 0 radical (unpaired) electrons. The van der Waals surface area contributed by atoms with E-state index in [4.69, 9.17) is 0 Å². The fraction of sp³-hybridized carbons (Fsp3) is 0.0667. The molecule has 106 valence electrons. The zero-order valence-corrected chi connectivity index (χ0v) is 10.6. The number of hydrogen-bond acceptors (Lipinski definition) is 3. The summed E-state index contributed by atoms with van der Waals surface area (Å²) in [7, 11) is 0. The number of anilines is 1. The lowest BCUT2D eigenvalue weighted by Crippen LogP contribution is -2.29. The maximum Gasteiger partial charge on any atom is 0.299 e. The number of nitrogens with zero attached hydrogens (tertiary/aromatic N) is 1. The highest BCUT2D eigenvalue weighted by molar-refractivity contribution is 6.52. The molecular weight excluding hydrogens is 280 g/mol. The highest BCUT2D eigenvalue weighted by Gasteiger charge is 2.38. The van der Waals surface area contributed by atoms with Gasteiger partial charge >= 0.3 is 0 Å². The van der Waals surface area contributed by atoms with Gasteiger partial charge in [0.1, 0.15) is 17.4 Å². The van der Waals surface area contributed by atoms with E-state index in [0.29, 0.717) is 11.6 Å². The summed E-state index contributed by atoms with van der Waals surface area (Å²) in [6, 6.07) is 7.49. The van der Waals surface area contributed by atoms with Crippen molar-refractivity contribution in [1.82, 2.24) is 0 Å². The number of halogens is 2. The Labute approximate surface area is 118 Å². The molecule has 0 unspecified atom stereocenters. The molecule has 1 aliphatic rings. The number of carbonyl (C=O) groups is 2. The lowest BCUT2D eigenvalue weighted by molar-refractivity contribution is -0.114. The number of aromatic hydroxyl groups is 1. The van der Waals surface area contributed by atoms with Gasteiger partial charge in [0.2, 0.25) is 0 Å². The first-order valence-corrected chi connectivity index (χ1v) is 6.10. The van der Waals surface area contributed by atoms with Crippen LogP contribution in [-0.2, 0) is 11.3 Å². The Morgan fingerprint density at radius 3 is 2.38 bits per heavy atom. The third-order valence-corrected chi connectivity index (χ3v) is 3.27. The number of phenols is 1. The molecule has 21 heavy (non-hydrogen) atoms. The average Bonchev–Trinajstić information content (AvgIpc) is 2.66. The first-order chi connectivity index (χ1) is 9.97. The van der Waals surface area contributed by atoms with E-state index < -0.39 is 28.9 Å². The van der Waals surface area contributed by atoms with Gasteiger partial charge in [0, 0.05) is 6.07 Å². The zero-order chi connectivity index (χ0) is 15.1. The molecular formula is C15H9F2NO3. The minimum Gasteiger partial charge on any atom is -0.508 e. The van der Waals surface area contributed by atoms with Gasteiger partial charge in [-0.15, -0.1) is 0 Å². The second-order valence-electron chi connectivity index (χ2n) is 4.67. The Hall–Kier alpha value is -2.76. The molecule has 2 aromatic carbocycles. The summed E-state index contributed by atoms with van der Waals surface area (Å²) in [5.41, 5.74) is 0.141. The molecule has 6 heteroatoms. The van der Waals surface area contributed by atoms with Crippen LogP contribution in [0.3, 0.4) is 0 Å². The van der Waals surface area contributed by atoms with Gasteiger partial charge in [0.15, 0.2) is 0 Å². The van der Waals surface area contributed by atoms with Crippen LogP contribution < -0.4 is 4.90 Å². The Bertz CT molecular complexity index is 756. The van der Waals surface area contributed by atoms with Crippen molar-refractivity contribution in [2.24, 2.45) is 0 Å². The van der Waals surface area contributed by atoms with Crippen molar-refractivity contribution < 1.29 is 23.5 Å². The lowest BCUT2D eigenvalue weighted by Gasteiger charge is -2.16. The summed E-state index contributed by atoms with van der Waals surface area (Å²) < 4.78 is 27.0. The maximum absolute atomic E-state index is 13.7. The van der Waals surface area contributed by atoms with Gasteiger partial charge in [0.05, 0.1) is 17.8 Å². The van der Waals surface area contributed by atoms with E-state index in [2.05, 4.69) is 0 Å². The standard InChI is InChI=1S/C15H9F2NO3/c16-9-5-11(17)13-12(6-9)18(15(21)14(13)20)7-8-1-3-10(19)4-2-8/h1-6,19H,7H2. The Kier molecular flexibility index (Phi) is 2.94. The molecule has 0 spiro atoms. The molecule has 0 bridgehead atoms. The molecule has 0 atom stereocenters. The second-order valence-corrected chi connectivity index (χ2v) is 4.67. The van der Waals surface area contributed by atoms with Crippen LogP contribution in [0.25, 0.3) is 0 Å². The van der Waals surface area contributed by atoms with Crippen molar-refractivity contribution in [3.63, 3.8) is 0 Å². The van der Waals surface area contributed by atoms with E-state index >= 15 is 0 Å². The topological polar surface area (TPSA) is 57.6 Å². The third kappa shape index (κ3) is 2.14. The Balaban J connectivity index is 2.03. The van der Waals surface area contributed by atoms with Crippen molar-refractivity contribution in [3.05, 3.63) is 59.2 Å². The summed E-state index contributed by atoms with van der Waals surface area (Å²) >= 11 is 0. The molecule has 1 N–H and O–H groups in total. The number of phenolic OH excluding ortho intramolecular Hbond substituents is 1. The molecule has 1 amide bonds. The van der Waals surface area contributed by atoms with Gasteiger partial charge in [-0.05, 0) is 23.8 Å². The molecule has 0 saturated carbocycles. The van der Waals surface area contributed by atoms with Gasteiger partial charge in [0.25, 0.3) is 11.7 Å². The van der Waals surface area contributed by atoms with E-state index in [-0.39, 0.29) is 18.0 Å². The van der Waals surface area contributed by atoms with Crippen molar-refractivity contribution in [3.8, 4) is 5.75 Å². The summed E-state index contributed by atoms with van der Waals surface area (Å²) in [5, 5.41) is 9.21. The molecule has 0 fully saturated rings. The Morgan fingerprint density at radius 1 is 1.05 bits per heavy atom. The van der Waals surface area contributed by atoms with Crippen molar-refractivity contribution in [2.75, 3.05) is 4.90 Å². The van der Waals surface area contributed by atoms with Crippen LogP contribution >= 0.6 is 0 Å². The van der Waals surface area contributed by atoms with E-state index in [1.165, 1.54) is 12.1 Å². The van der Waals surface area contributed by atoms with Crippen molar-refractivity contribution in [1.29, 1.82) is 0 Å². The van der Waals surface area contributed by atoms with Crippen LogP contribution in [0.15, 0.2) is 36.4 Å². The summed E-state index contributed by atoms with van der Waals surface area (Å²) in [5.74, 6) is -3.73. The number of benzene rings is 2. The minimum atomic E-state index is -1.04. The maximum atomic E-state index is 13.7. The summed E-state index contributed by atoms with van der Waals surface area (Å²) in [6.45, 7) is -0.0131. The molecule has 0 aliphatic carbocycles. The van der Waals surface area contributed by atoms with Crippen LogP contribution in [0.4, 0.5) is 14.5 Å². The van der Waals surface area contributed by atoms with Gasteiger partial charge < -0.3 is 10.0 Å². The first kappa shape index (κ1) is 13.2. The van der Waals surface area contributed by atoms with Crippen LogP contribution in [0.1, 0.15) is 15.9 Å². The number of rotatable bonds is 2. The molecule has 1 aliphatic heterocycles. The predicted molar refractivity (Wildman–Crippen MR) is 70.0 cm³/mol. The lowest BCUT2D eigenvalue weighted by atomic mass is 10.1. The monoisotopic (exact) mass is 289 g/mol. The number of ketones is 1. The number of hydrogen-bond donors (Lipinski definition) is 1. The molecule has 0 aromatic heterocycles. The van der Waals surface area contributed by atoms with E-state index in [1.54, 1.807) is 12.1 Å². The molecule has 0 saturated heterocycles. The van der Waals surface area contributed by atoms with Gasteiger partial charge in [-0.3, -0.25) is 9.59 Å². The SMILES string of the molecule is O=C1C(=O)N(Cc2ccc(O)cc2)c2cc(F)cc(F)c21. The fourth-order valence-corrected chi connectivity index (χ4v) is 2.28. The first-order valence-electron chi connectivity index (χ1n) is 6.10. The number of amides is 1. The fourth-order valence-electron chi connectivity index (χ4n) is 2.28. The van der Waals surface area contributed by atoms with Crippen molar-refractivity contribution >= 4 is 17.4 Å².